The van der Waals surface area contributed by atoms with Crippen LogP contribution in [-0.4, -0.2) is 13.0 Å². The number of carbonyl (C=O) groups is 1. The van der Waals surface area contributed by atoms with E-state index >= 15 is 0 Å². The Morgan fingerprint density at radius 3 is 2.54 bits per heavy atom. The van der Waals surface area contributed by atoms with Crippen LogP contribution in [0.5, 0.6) is 11.5 Å². The molecule has 4 rings (SSSR count). The molecule has 0 radical (unpaired) electrons. The summed E-state index contributed by atoms with van der Waals surface area (Å²) in [5, 5.41) is 2.99. The Bertz CT molecular complexity index is 1010. The van der Waals surface area contributed by atoms with E-state index in [1.54, 1.807) is 7.11 Å². The number of benzene rings is 3. The quantitative estimate of drug-likeness (QED) is 0.662. The van der Waals surface area contributed by atoms with Crippen molar-refractivity contribution in [2.75, 3.05) is 12.4 Å². The zero-order chi connectivity index (χ0) is 19.7. The molecule has 4 heteroatoms. The van der Waals surface area contributed by atoms with Gasteiger partial charge >= 0.3 is 0 Å². The van der Waals surface area contributed by atoms with Crippen LogP contribution >= 0.6 is 0 Å². The first kappa shape index (κ1) is 18.1. The number of fused-ring (bicyclic) bond motifs is 3. The Morgan fingerprint density at radius 2 is 1.82 bits per heavy atom. The Labute approximate surface area is 165 Å². The highest BCUT2D eigenvalue weighted by Crippen LogP contribution is 2.49. The summed E-state index contributed by atoms with van der Waals surface area (Å²) in [6.45, 7) is 3.76. The van der Waals surface area contributed by atoms with Gasteiger partial charge in [0.2, 0.25) is 5.91 Å². The summed E-state index contributed by atoms with van der Waals surface area (Å²) in [6.07, 6.45) is -0.258. The van der Waals surface area contributed by atoms with Crippen LogP contribution in [0.1, 0.15) is 31.1 Å². The maximum atomic E-state index is 12.2. The van der Waals surface area contributed by atoms with Gasteiger partial charge in [-0.2, -0.15) is 0 Å². The van der Waals surface area contributed by atoms with Crippen molar-refractivity contribution in [3.8, 4) is 22.6 Å². The number of nitrogens with one attached hydrogen (secondary N) is 1. The fourth-order valence-electron chi connectivity index (χ4n) is 3.48. The first-order chi connectivity index (χ1) is 13.6. The zero-order valence-electron chi connectivity index (χ0n) is 16.2. The minimum absolute atomic E-state index is 0.00841. The summed E-state index contributed by atoms with van der Waals surface area (Å²) in [6, 6.07) is 21.9. The maximum absolute atomic E-state index is 12.2. The summed E-state index contributed by atoms with van der Waals surface area (Å²) in [5.74, 6) is 1.47. The average molecular weight is 373 g/mol. The average Bonchev–Trinajstić information content (AvgIpc) is 2.73. The number of anilines is 1. The molecule has 1 heterocycles. The van der Waals surface area contributed by atoms with Gasteiger partial charge in [-0.25, -0.2) is 0 Å². The Morgan fingerprint density at radius 1 is 1.04 bits per heavy atom. The second kappa shape index (κ2) is 7.39. The molecule has 0 spiro atoms. The van der Waals surface area contributed by atoms with Crippen molar-refractivity contribution in [1.82, 2.24) is 0 Å². The Hall–Kier alpha value is -3.27. The SMILES string of the molecule is COc1cccc2c1-c1ccc(NC(=O)C(C)C)cc1C(c1ccccc1)O2. The van der Waals surface area contributed by atoms with Gasteiger partial charge in [-0.1, -0.05) is 56.3 Å². The van der Waals surface area contributed by atoms with Crippen LogP contribution in [0.4, 0.5) is 5.69 Å². The van der Waals surface area contributed by atoms with Crippen molar-refractivity contribution in [1.29, 1.82) is 0 Å². The molecular formula is C24H23NO3. The smallest absolute Gasteiger partial charge is 0.226 e. The second-order valence-electron chi connectivity index (χ2n) is 7.19. The largest absolute Gasteiger partial charge is 0.496 e. The van der Waals surface area contributed by atoms with Crippen LogP contribution < -0.4 is 14.8 Å². The van der Waals surface area contributed by atoms with Gasteiger partial charge in [-0.15, -0.1) is 0 Å². The molecule has 0 fully saturated rings. The number of methoxy groups -OCH3 is 1. The third-order valence-corrected chi connectivity index (χ3v) is 4.95. The van der Waals surface area contributed by atoms with Crippen molar-refractivity contribution in [3.63, 3.8) is 0 Å². The van der Waals surface area contributed by atoms with Gasteiger partial charge in [-0.05, 0) is 35.4 Å². The van der Waals surface area contributed by atoms with Gasteiger partial charge in [0.15, 0.2) is 0 Å². The molecule has 0 aromatic heterocycles. The van der Waals surface area contributed by atoms with Crippen molar-refractivity contribution in [2.24, 2.45) is 5.92 Å². The topological polar surface area (TPSA) is 47.6 Å². The lowest BCUT2D eigenvalue weighted by Gasteiger charge is -2.30. The molecule has 3 aromatic rings. The van der Waals surface area contributed by atoms with Crippen LogP contribution in [0.25, 0.3) is 11.1 Å². The molecule has 0 aliphatic carbocycles. The molecule has 142 valence electrons. The summed E-state index contributed by atoms with van der Waals surface area (Å²) in [5.41, 5.74) is 4.82. The number of hydrogen-bond acceptors (Lipinski definition) is 3. The van der Waals surface area contributed by atoms with E-state index in [-0.39, 0.29) is 17.9 Å². The van der Waals surface area contributed by atoms with Crippen molar-refractivity contribution < 1.29 is 14.3 Å². The lowest BCUT2D eigenvalue weighted by Crippen LogP contribution is -2.19. The van der Waals surface area contributed by atoms with E-state index < -0.39 is 0 Å². The van der Waals surface area contributed by atoms with Gasteiger partial charge in [0.05, 0.1) is 12.7 Å². The minimum Gasteiger partial charge on any atom is -0.496 e. The fourth-order valence-corrected chi connectivity index (χ4v) is 3.48. The van der Waals surface area contributed by atoms with Gasteiger partial charge in [0, 0.05) is 17.2 Å². The summed E-state index contributed by atoms with van der Waals surface area (Å²) < 4.78 is 12.0. The number of carbonyl (C=O) groups excluding carboxylic acids is 1. The van der Waals surface area contributed by atoms with Gasteiger partial charge in [-0.3, -0.25) is 4.79 Å². The predicted molar refractivity (Wildman–Crippen MR) is 111 cm³/mol. The molecule has 1 aliphatic heterocycles. The third-order valence-electron chi connectivity index (χ3n) is 4.95. The standard InChI is InChI=1S/C24H23NO3/c1-15(2)24(26)25-17-12-13-18-19(14-17)23(16-8-5-4-6-9-16)28-21-11-7-10-20(27-3)22(18)21/h4-15,23H,1-3H3,(H,25,26). The van der Waals surface area contributed by atoms with Gasteiger partial charge in [0.25, 0.3) is 0 Å². The van der Waals surface area contributed by atoms with Crippen LogP contribution in [0, 0.1) is 5.92 Å². The summed E-state index contributed by atoms with van der Waals surface area (Å²) in [4.78, 5) is 12.2. The Balaban J connectivity index is 1.87. The number of amides is 1. The molecule has 0 bridgehead atoms. The molecule has 28 heavy (non-hydrogen) atoms. The molecule has 1 N–H and O–H groups in total. The van der Waals surface area contributed by atoms with Crippen LogP contribution in [0.15, 0.2) is 66.7 Å². The van der Waals surface area contributed by atoms with E-state index in [0.29, 0.717) is 0 Å². The number of hydrogen-bond donors (Lipinski definition) is 1. The normalized spacial score (nSPS) is 14.6. The molecule has 1 amide bonds. The van der Waals surface area contributed by atoms with Crippen molar-refractivity contribution in [2.45, 2.75) is 20.0 Å². The maximum Gasteiger partial charge on any atom is 0.226 e. The molecule has 1 atom stereocenters. The molecule has 1 aliphatic rings. The Kier molecular flexibility index (Phi) is 4.78. The van der Waals surface area contributed by atoms with E-state index in [1.165, 1.54) is 0 Å². The van der Waals surface area contributed by atoms with Crippen LogP contribution in [0.3, 0.4) is 0 Å². The minimum atomic E-state index is -0.258. The van der Waals surface area contributed by atoms with Crippen LogP contribution in [-0.2, 0) is 4.79 Å². The lowest BCUT2D eigenvalue weighted by atomic mass is 9.88. The third kappa shape index (κ3) is 3.22. The first-order valence-electron chi connectivity index (χ1n) is 9.42. The molecule has 0 saturated carbocycles. The second-order valence-corrected chi connectivity index (χ2v) is 7.19. The molecule has 1 unspecified atom stereocenters. The molecular weight excluding hydrogens is 350 g/mol. The first-order valence-corrected chi connectivity index (χ1v) is 9.42. The highest BCUT2D eigenvalue weighted by Gasteiger charge is 2.30. The number of ether oxygens (including phenoxy) is 2. The van der Waals surface area contributed by atoms with E-state index in [0.717, 1.165) is 39.4 Å². The van der Waals surface area contributed by atoms with E-state index in [2.05, 4.69) is 17.4 Å². The fraction of sp³-hybridized carbons (Fsp3) is 0.208. The number of rotatable bonds is 4. The van der Waals surface area contributed by atoms with Gasteiger partial charge < -0.3 is 14.8 Å². The van der Waals surface area contributed by atoms with E-state index in [1.807, 2.05) is 68.4 Å². The van der Waals surface area contributed by atoms with E-state index in [4.69, 9.17) is 9.47 Å². The summed E-state index contributed by atoms with van der Waals surface area (Å²) >= 11 is 0. The molecule has 3 aromatic carbocycles. The highest BCUT2D eigenvalue weighted by atomic mass is 16.5. The summed E-state index contributed by atoms with van der Waals surface area (Å²) in [7, 11) is 1.66. The van der Waals surface area contributed by atoms with Crippen molar-refractivity contribution >= 4 is 11.6 Å². The lowest BCUT2D eigenvalue weighted by molar-refractivity contribution is -0.118. The zero-order valence-corrected chi connectivity index (χ0v) is 16.2. The van der Waals surface area contributed by atoms with E-state index in [9.17, 15) is 4.79 Å². The van der Waals surface area contributed by atoms with Crippen LogP contribution in [0.2, 0.25) is 0 Å². The predicted octanol–water partition coefficient (Wildman–Crippen LogP) is 5.44. The van der Waals surface area contributed by atoms with Crippen molar-refractivity contribution in [3.05, 3.63) is 77.9 Å². The monoisotopic (exact) mass is 373 g/mol. The molecule has 0 saturated heterocycles. The molecule has 4 nitrogen and oxygen atoms in total. The highest BCUT2D eigenvalue weighted by molar-refractivity contribution is 5.93. The van der Waals surface area contributed by atoms with Gasteiger partial charge in [0.1, 0.15) is 17.6 Å².